The zero-order valence-electron chi connectivity index (χ0n) is 11.3. The van der Waals surface area contributed by atoms with Gasteiger partial charge < -0.3 is 4.74 Å². The van der Waals surface area contributed by atoms with E-state index in [1.54, 1.807) is 13.3 Å². The van der Waals surface area contributed by atoms with Crippen LogP contribution in [-0.2, 0) is 6.42 Å². The summed E-state index contributed by atoms with van der Waals surface area (Å²) in [4.78, 5) is 13.0. The third kappa shape index (κ3) is 3.01. The quantitative estimate of drug-likeness (QED) is 0.803. The molecule has 0 fully saturated rings. The number of methoxy groups -OCH3 is 1. The third-order valence-electron chi connectivity index (χ3n) is 2.82. The molecule has 0 radical (unpaired) electrons. The molecule has 2 aromatic rings. The fourth-order valence-corrected chi connectivity index (χ4v) is 2.00. The Morgan fingerprint density at radius 3 is 2.79 bits per heavy atom. The zero-order valence-corrected chi connectivity index (χ0v) is 12.0. The molecule has 5 heteroatoms. The van der Waals surface area contributed by atoms with Crippen molar-refractivity contribution in [3.05, 3.63) is 34.9 Å². The Kier molecular flexibility index (Phi) is 4.32. The normalized spacial score (nSPS) is 10.5. The molecule has 0 unspecified atom stereocenters. The lowest BCUT2D eigenvalue weighted by Crippen LogP contribution is -2.01. The number of pyridine rings is 1. The Morgan fingerprint density at radius 1 is 1.32 bits per heavy atom. The molecule has 19 heavy (non-hydrogen) atoms. The van der Waals surface area contributed by atoms with Crippen LogP contribution in [0.1, 0.15) is 24.7 Å². The molecule has 2 aromatic heterocycles. The summed E-state index contributed by atoms with van der Waals surface area (Å²) in [6.45, 7) is 4.01. The van der Waals surface area contributed by atoms with E-state index < -0.39 is 0 Å². The van der Waals surface area contributed by atoms with Crippen molar-refractivity contribution < 1.29 is 4.74 Å². The first-order valence-electron chi connectivity index (χ1n) is 6.19. The Labute approximate surface area is 117 Å². The Morgan fingerprint density at radius 2 is 2.11 bits per heavy atom. The molecular weight excluding hydrogens is 262 g/mol. The lowest BCUT2D eigenvalue weighted by Gasteiger charge is -2.09. The van der Waals surface area contributed by atoms with E-state index in [2.05, 4.69) is 21.9 Å². The van der Waals surface area contributed by atoms with Crippen LogP contribution in [0.4, 0.5) is 0 Å². The van der Waals surface area contributed by atoms with Crippen molar-refractivity contribution in [2.45, 2.75) is 26.7 Å². The second-order valence-corrected chi connectivity index (χ2v) is 4.60. The summed E-state index contributed by atoms with van der Waals surface area (Å²) in [5, 5.41) is 0.504. The summed E-state index contributed by atoms with van der Waals surface area (Å²) >= 11 is 6.18. The van der Waals surface area contributed by atoms with Gasteiger partial charge in [0.1, 0.15) is 11.0 Å². The minimum Gasteiger partial charge on any atom is -0.481 e. The van der Waals surface area contributed by atoms with Crippen LogP contribution in [0.15, 0.2) is 18.3 Å². The van der Waals surface area contributed by atoms with Crippen molar-refractivity contribution in [2.24, 2.45) is 0 Å². The maximum atomic E-state index is 6.18. The molecule has 0 atom stereocenters. The lowest BCUT2D eigenvalue weighted by molar-refractivity contribution is 0.398. The number of aromatic nitrogens is 3. The summed E-state index contributed by atoms with van der Waals surface area (Å²) in [6.07, 6.45) is 3.50. The smallest absolute Gasteiger partial charge is 0.213 e. The second kappa shape index (κ2) is 5.97. The highest BCUT2D eigenvalue weighted by molar-refractivity contribution is 6.30. The van der Waals surface area contributed by atoms with Crippen molar-refractivity contribution >= 4 is 11.6 Å². The highest BCUT2D eigenvalue weighted by atomic mass is 35.5. The van der Waals surface area contributed by atoms with Gasteiger partial charge in [0, 0.05) is 29.8 Å². The molecule has 0 aliphatic carbocycles. The van der Waals surface area contributed by atoms with Crippen LogP contribution in [-0.4, -0.2) is 22.1 Å². The van der Waals surface area contributed by atoms with Crippen LogP contribution in [0.25, 0.3) is 11.3 Å². The molecule has 0 spiro atoms. The van der Waals surface area contributed by atoms with E-state index >= 15 is 0 Å². The first-order valence-corrected chi connectivity index (χ1v) is 6.57. The number of nitrogens with zero attached hydrogens (tertiary/aromatic N) is 3. The van der Waals surface area contributed by atoms with Gasteiger partial charge in [-0.25, -0.2) is 15.0 Å². The maximum Gasteiger partial charge on any atom is 0.213 e. The molecule has 100 valence electrons. The summed E-state index contributed by atoms with van der Waals surface area (Å²) in [6, 6.07) is 3.74. The highest BCUT2D eigenvalue weighted by Gasteiger charge is 2.11. The SMILES string of the molecule is CCCc1nc(Cl)c(C)c(-c2ccnc(OC)c2)n1. The first kappa shape index (κ1) is 13.7. The van der Waals surface area contributed by atoms with E-state index in [0.717, 1.165) is 35.5 Å². The molecule has 0 saturated carbocycles. The van der Waals surface area contributed by atoms with Crippen molar-refractivity contribution in [3.8, 4) is 17.1 Å². The van der Waals surface area contributed by atoms with Crippen LogP contribution >= 0.6 is 11.6 Å². The monoisotopic (exact) mass is 277 g/mol. The van der Waals surface area contributed by atoms with Gasteiger partial charge in [-0.05, 0) is 19.4 Å². The molecule has 2 rings (SSSR count). The number of hydrogen-bond acceptors (Lipinski definition) is 4. The van der Waals surface area contributed by atoms with Crippen molar-refractivity contribution in [1.29, 1.82) is 0 Å². The van der Waals surface area contributed by atoms with Gasteiger partial charge >= 0.3 is 0 Å². The third-order valence-corrected chi connectivity index (χ3v) is 3.19. The van der Waals surface area contributed by atoms with Gasteiger partial charge in [-0.15, -0.1) is 0 Å². The molecule has 0 aliphatic heterocycles. The summed E-state index contributed by atoms with van der Waals surface area (Å²) in [5.41, 5.74) is 2.64. The standard InChI is InChI=1S/C14H16ClN3O/c1-4-5-11-17-13(9(2)14(15)18-11)10-6-7-16-12(8-10)19-3/h6-8H,4-5H2,1-3H3. The van der Waals surface area contributed by atoms with Crippen molar-refractivity contribution in [1.82, 2.24) is 15.0 Å². The largest absolute Gasteiger partial charge is 0.481 e. The van der Waals surface area contributed by atoms with Gasteiger partial charge in [0.15, 0.2) is 0 Å². The van der Waals surface area contributed by atoms with Crippen LogP contribution in [0.3, 0.4) is 0 Å². The summed E-state index contributed by atoms with van der Waals surface area (Å²) < 4.78 is 5.14. The fourth-order valence-electron chi connectivity index (χ4n) is 1.82. The molecule has 0 aliphatic rings. The topological polar surface area (TPSA) is 47.9 Å². The number of ether oxygens (including phenoxy) is 1. The first-order chi connectivity index (χ1) is 9.15. The number of halogens is 1. The molecule has 0 N–H and O–H groups in total. The summed E-state index contributed by atoms with van der Waals surface area (Å²) in [5.74, 6) is 1.33. The maximum absolute atomic E-state index is 6.18. The molecular formula is C14H16ClN3O. The van der Waals surface area contributed by atoms with Crippen LogP contribution in [0.2, 0.25) is 5.15 Å². The number of hydrogen-bond donors (Lipinski definition) is 0. The van der Waals surface area contributed by atoms with E-state index in [1.165, 1.54) is 0 Å². The predicted molar refractivity (Wildman–Crippen MR) is 75.6 cm³/mol. The second-order valence-electron chi connectivity index (χ2n) is 4.24. The van der Waals surface area contributed by atoms with Crippen LogP contribution in [0, 0.1) is 6.92 Å². The van der Waals surface area contributed by atoms with Gasteiger partial charge in [0.05, 0.1) is 12.8 Å². The Hall–Kier alpha value is -1.68. The Balaban J connectivity index is 2.53. The van der Waals surface area contributed by atoms with Gasteiger partial charge in [0.2, 0.25) is 5.88 Å². The molecule has 0 saturated heterocycles. The molecule has 0 aromatic carbocycles. The Bertz CT molecular complexity index is 587. The van der Waals surface area contributed by atoms with Crippen molar-refractivity contribution in [2.75, 3.05) is 7.11 Å². The molecule has 4 nitrogen and oxygen atoms in total. The van der Waals surface area contributed by atoms with Gasteiger partial charge in [-0.2, -0.15) is 0 Å². The minimum atomic E-state index is 0.504. The van der Waals surface area contributed by atoms with Gasteiger partial charge in [-0.1, -0.05) is 18.5 Å². The van der Waals surface area contributed by atoms with Gasteiger partial charge in [-0.3, -0.25) is 0 Å². The predicted octanol–water partition coefficient (Wildman–Crippen LogP) is 3.46. The molecule has 0 amide bonds. The fraction of sp³-hybridized carbons (Fsp3) is 0.357. The number of rotatable bonds is 4. The zero-order chi connectivity index (χ0) is 13.8. The van der Waals surface area contributed by atoms with Crippen molar-refractivity contribution in [3.63, 3.8) is 0 Å². The lowest BCUT2D eigenvalue weighted by atomic mass is 10.1. The van der Waals surface area contributed by atoms with Crippen LogP contribution in [0.5, 0.6) is 5.88 Å². The number of aryl methyl sites for hydroxylation is 1. The van der Waals surface area contributed by atoms with E-state index in [1.807, 2.05) is 19.1 Å². The average molecular weight is 278 g/mol. The summed E-state index contributed by atoms with van der Waals surface area (Å²) in [7, 11) is 1.59. The van der Waals surface area contributed by atoms with Gasteiger partial charge in [0.25, 0.3) is 0 Å². The minimum absolute atomic E-state index is 0.504. The molecule has 2 heterocycles. The van der Waals surface area contributed by atoms with E-state index in [4.69, 9.17) is 16.3 Å². The highest BCUT2D eigenvalue weighted by Crippen LogP contribution is 2.27. The van der Waals surface area contributed by atoms with E-state index in [0.29, 0.717) is 11.0 Å². The van der Waals surface area contributed by atoms with E-state index in [9.17, 15) is 0 Å². The molecule has 0 bridgehead atoms. The van der Waals surface area contributed by atoms with Crippen LogP contribution < -0.4 is 4.74 Å². The van der Waals surface area contributed by atoms with E-state index in [-0.39, 0.29) is 0 Å². The average Bonchev–Trinajstić information content (AvgIpc) is 2.43.